The molecule has 1 fully saturated rings. The Morgan fingerprint density at radius 1 is 0.915 bits per heavy atom. The third-order valence-electron chi connectivity index (χ3n) is 8.41. The minimum absolute atomic E-state index is 0.116. The molecule has 0 radical (unpaired) electrons. The minimum Gasteiger partial charge on any atom is -0.393 e. The van der Waals surface area contributed by atoms with E-state index in [1.807, 2.05) is 53.1 Å². The third-order valence-corrected chi connectivity index (χ3v) is 8.41. The van der Waals surface area contributed by atoms with Gasteiger partial charge in [0.2, 0.25) is 5.95 Å². The van der Waals surface area contributed by atoms with Crippen LogP contribution < -0.4 is 10.6 Å². The first-order valence-electron chi connectivity index (χ1n) is 15.7. The van der Waals surface area contributed by atoms with Crippen LogP contribution in [0, 0.1) is 5.82 Å². The summed E-state index contributed by atoms with van der Waals surface area (Å²) in [7, 11) is 0. The number of anilines is 3. The zero-order chi connectivity index (χ0) is 32.2. The number of carbonyl (C=O) groups is 1. The molecule has 1 amide bonds. The van der Waals surface area contributed by atoms with E-state index < -0.39 is 11.7 Å². The first-order chi connectivity index (χ1) is 23.0. The summed E-state index contributed by atoms with van der Waals surface area (Å²) in [6, 6.07) is 29.1. The van der Waals surface area contributed by atoms with Crippen LogP contribution in [-0.2, 0) is 6.42 Å². The van der Waals surface area contributed by atoms with E-state index in [0.29, 0.717) is 28.5 Å². The number of imidazole rings is 1. The van der Waals surface area contributed by atoms with E-state index >= 15 is 0 Å². The second kappa shape index (κ2) is 13.5. The molecule has 0 saturated carbocycles. The van der Waals surface area contributed by atoms with Gasteiger partial charge < -0.3 is 20.6 Å². The highest BCUT2D eigenvalue weighted by Crippen LogP contribution is 2.33. The number of aliphatic hydroxyl groups is 1. The second-order valence-electron chi connectivity index (χ2n) is 11.7. The number of hydrogen-bond acceptors (Lipinski definition) is 7. The zero-order valence-corrected chi connectivity index (χ0v) is 25.7. The Balaban J connectivity index is 1.15. The van der Waals surface area contributed by atoms with Crippen molar-refractivity contribution in [1.82, 2.24) is 24.3 Å². The van der Waals surface area contributed by atoms with Gasteiger partial charge in [0.15, 0.2) is 0 Å². The van der Waals surface area contributed by atoms with Crippen molar-refractivity contribution in [3.8, 4) is 22.6 Å². The van der Waals surface area contributed by atoms with Gasteiger partial charge in [0.05, 0.1) is 28.9 Å². The van der Waals surface area contributed by atoms with Crippen LogP contribution in [0.2, 0.25) is 0 Å². The molecular formula is C37H34FN7O2. The van der Waals surface area contributed by atoms with Gasteiger partial charge in [-0.2, -0.15) is 0 Å². The van der Waals surface area contributed by atoms with Crippen LogP contribution in [0.3, 0.4) is 0 Å². The van der Waals surface area contributed by atoms with Crippen molar-refractivity contribution in [2.75, 3.05) is 30.3 Å². The second-order valence-corrected chi connectivity index (χ2v) is 11.7. The summed E-state index contributed by atoms with van der Waals surface area (Å²) in [5.74, 6) is -0.481. The van der Waals surface area contributed by atoms with E-state index in [2.05, 4.69) is 32.7 Å². The highest BCUT2D eigenvalue weighted by molar-refractivity contribution is 6.05. The van der Waals surface area contributed by atoms with Gasteiger partial charge in [0, 0.05) is 48.8 Å². The summed E-state index contributed by atoms with van der Waals surface area (Å²) in [5, 5.41) is 15.8. The van der Waals surface area contributed by atoms with Crippen LogP contribution in [0.15, 0.2) is 109 Å². The van der Waals surface area contributed by atoms with Crippen LogP contribution in [0.1, 0.15) is 28.8 Å². The number of nitrogens with one attached hydrogen (secondary N) is 2. The van der Waals surface area contributed by atoms with E-state index in [0.717, 1.165) is 55.9 Å². The summed E-state index contributed by atoms with van der Waals surface area (Å²) in [5.41, 5.74) is 6.08. The molecule has 3 N–H and O–H groups in total. The fraction of sp³-hybridized carbons (Fsp3) is 0.189. The molecule has 0 aliphatic carbocycles. The number of pyridine rings is 1. The van der Waals surface area contributed by atoms with Crippen molar-refractivity contribution in [2.24, 2.45) is 0 Å². The number of fused-ring (bicyclic) bond motifs is 1. The molecule has 0 bridgehead atoms. The van der Waals surface area contributed by atoms with E-state index in [1.165, 1.54) is 17.7 Å². The van der Waals surface area contributed by atoms with Crippen molar-refractivity contribution in [2.45, 2.75) is 25.4 Å². The van der Waals surface area contributed by atoms with Crippen molar-refractivity contribution in [3.63, 3.8) is 0 Å². The Kier molecular flexibility index (Phi) is 8.68. The van der Waals surface area contributed by atoms with Crippen LogP contribution in [0.4, 0.5) is 21.7 Å². The quantitative estimate of drug-likeness (QED) is 0.166. The molecule has 7 rings (SSSR count). The first-order valence-corrected chi connectivity index (χ1v) is 15.7. The van der Waals surface area contributed by atoms with Crippen molar-refractivity contribution in [3.05, 3.63) is 126 Å². The number of piperidine rings is 1. The molecule has 1 aliphatic heterocycles. The molecule has 47 heavy (non-hydrogen) atoms. The lowest BCUT2D eigenvalue weighted by atomic mass is 10.0. The monoisotopic (exact) mass is 627 g/mol. The van der Waals surface area contributed by atoms with Gasteiger partial charge in [-0.05, 0) is 79.4 Å². The lowest BCUT2D eigenvalue weighted by Crippen LogP contribution is -2.37. The molecule has 0 unspecified atom stereocenters. The number of para-hydroxylation sites is 1. The van der Waals surface area contributed by atoms with E-state index in [1.54, 1.807) is 36.5 Å². The molecule has 9 nitrogen and oxygen atoms in total. The highest BCUT2D eigenvalue weighted by Gasteiger charge is 2.20. The lowest BCUT2D eigenvalue weighted by Gasteiger charge is -2.29. The maximum absolute atomic E-state index is 14.2. The maximum atomic E-state index is 14.2. The summed E-state index contributed by atoms with van der Waals surface area (Å²) in [6.07, 6.45) is 6.05. The van der Waals surface area contributed by atoms with Gasteiger partial charge in [-0.1, -0.05) is 42.5 Å². The number of likely N-dealkylation sites (tertiary alicyclic amines) is 1. The van der Waals surface area contributed by atoms with Crippen molar-refractivity contribution in [1.29, 1.82) is 0 Å². The van der Waals surface area contributed by atoms with Crippen molar-refractivity contribution < 1.29 is 14.3 Å². The minimum atomic E-state index is -0.501. The van der Waals surface area contributed by atoms with Gasteiger partial charge in [-0.3, -0.25) is 9.20 Å². The molecule has 10 heteroatoms. The molecular weight excluding hydrogens is 593 g/mol. The maximum Gasteiger partial charge on any atom is 0.255 e. The summed E-state index contributed by atoms with van der Waals surface area (Å²) < 4.78 is 16.2. The molecule has 3 aromatic heterocycles. The van der Waals surface area contributed by atoms with Crippen molar-refractivity contribution >= 4 is 28.9 Å². The SMILES string of the molecule is O=C(Nc1ccccc1F)c1cccc(-c2nc3ccccn3c2-c2ccnc(Nc3cccc(CCN4CCC(O)CC4)c3)n2)c1. The lowest BCUT2D eigenvalue weighted by molar-refractivity contribution is 0.0832. The number of carbonyl (C=O) groups excluding carboxylic acids is 1. The Labute approximate surface area is 271 Å². The van der Waals surface area contributed by atoms with Gasteiger partial charge in [-0.25, -0.2) is 19.3 Å². The van der Waals surface area contributed by atoms with Crippen LogP contribution >= 0.6 is 0 Å². The average molecular weight is 628 g/mol. The molecule has 1 saturated heterocycles. The van der Waals surface area contributed by atoms with E-state index in [9.17, 15) is 14.3 Å². The number of amides is 1. The number of benzene rings is 3. The molecule has 3 aromatic carbocycles. The molecule has 236 valence electrons. The fourth-order valence-corrected chi connectivity index (χ4v) is 5.92. The molecule has 0 atom stereocenters. The third kappa shape index (κ3) is 6.89. The van der Waals surface area contributed by atoms with Gasteiger partial charge >= 0.3 is 0 Å². The number of aromatic nitrogens is 4. The van der Waals surface area contributed by atoms with E-state index in [-0.39, 0.29) is 11.8 Å². The molecule has 4 heterocycles. The predicted molar refractivity (Wildman–Crippen MR) is 181 cm³/mol. The number of hydrogen-bond donors (Lipinski definition) is 3. The zero-order valence-electron chi connectivity index (χ0n) is 25.7. The summed E-state index contributed by atoms with van der Waals surface area (Å²) in [6.45, 7) is 2.80. The topological polar surface area (TPSA) is 108 Å². The number of aliphatic hydroxyl groups excluding tert-OH is 1. The summed E-state index contributed by atoms with van der Waals surface area (Å²) in [4.78, 5) is 29.8. The molecule has 1 aliphatic rings. The number of rotatable bonds is 9. The predicted octanol–water partition coefficient (Wildman–Crippen LogP) is 6.59. The number of halogens is 1. The van der Waals surface area contributed by atoms with Crippen LogP contribution in [0.5, 0.6) is 0 Å². The Morgan fingerprint density at radius 3 is 2.62 bits per heavy atom. The first kappa shape index (κ1) is 30.2. The van der Waals surface area contributed by atoms with E-state index in [4.69, 9.17) is 9.97 Å². The smallest absolute Gasteiger partial charge is 0.255 e. The van der Waals surface area contributed by atoms with Gasteiger partial charge in [0.1, 0.15) is 11.5 Å². The van der Waals surface area contributed by atoms with Crippen LogP contribution in [-0.4, -0.2) is 61.0 Å². The standard InChI is InChI=1S/C37H34FN7O2/c38-30-11-1-2-12-31(30)41-36(47)27-9-6-8-26(24-27)34-35(45-19-4-3-13-33(45)43-34)32-14-18-39-37(42-32)40-28-10-5-7-25(23-28)15-20-44-21-16-29(46)17-22-44/h1-14,18-19,23-24,29,46H,15-17,20-22H2,(H,41,47)(H,39,40,42). The van der Waals surface area contributed by atoms with Gasteiger partial charge in [-0.15, -0.1) is 0 Å². The Hall–Kier alpha value is -5.45. The highest BCUT2D eigenvalue weighted by atomic mass is 19.1. The molecule has 0 spiro atoms. The summed E-state index contributed by atoms with van der Waals surface area (Å²) >= 11 is 0. The van der Waals surface area contributed by atoms with Crippen LogP contribution in [0.25, 0.3) is 28.3 Å². The number of nitrogens with zero attached hydrogens (tertiary/aromatic N) is 5. The Bertz CT molecular complexity index is 2040. The average Bonchev–Trinajstić information content (AvgIpc) is 3.49. The van der Waals surface area contributed by atoms with Gasteiger partial charge in [0.25, 0.3) is 5.91 Å². The normalized spacial score (nSPS) is 13.9. The Morgan fingerprint density at radius 2 is 1.74 bits per heavy atom. The fourth-order valence-electron chi connectivity index (χ4n) is 5.92. The molecule has 6 aromatic rings. The largest absolute Gasteiger partial charge is 0.393 e.